The molecule has 1 N–H and O–H groups in total. The van der Waals surface area contributed by atoms with Gasteiger partial charge >= 0.3 is 0 Å². The zero-order valence-electron chi connectivity index (χ0n) is 20.9. The second-order valence-electron chi connectivity index (χ2n) is 9.96. The van der Waals surface area contributed by atoms with Gasteiger partial charge in [-0.2, -0.15) is 0 Å². The van der Waals surface area contributed by atoms with E-state index in [1.165, 1.54) is 25.7 Å². The minimum Gasteiger partial charge on any atom is -0.308 e. The van der Waals surface area contributed by atoms with Crippen LogP contribution in [0.15, 0.2) is 61.2 Å². The number of hydrogen-bond donors (Lipinski definition) is 1. The monoisotopic (exact) mass is 494 g/mol. The van der Waals surface area contributed by atoms with Crippen molar-refractivity contribution in [2.75, 3.05) is 25.0 Å². The van der Waals surface area contributed by atoms with Crippen molar-refractivity contribution in [3.63, 3.8) is 0 Å². The molecule has 4 aromatic rings. The number of carbonyl (C=O) groups excluding carboxylic acids is 1. The first kappa shape index (κ1) is 23.4. The molecule has 9 nitrogen and oxygen atoms in total. The standard InChI is InChI=1S/C28H30N8O/c1-19(17-35-13-2-3-14-35)36-18-31-34-27(36)24-5-4-6-26(32-24)33-28(37)25-15-21(11-12-29-25)22-9-10-23(30-16-22)20-7-8-20/h4-6,9-12,15-16,18-20H,2-3,7-8,13-14,17H2,1H3,(H,32,33,37). The third kappa shape index (κ3) is 5.27. The van der Waals surface area contributed by atoms with E-state index in [1.54, 1.807) is 24.7 Å². The first-order chi connectivity index (χ1) is 18.1. The summed E-state index contributed by atoms with van der Waals surface area (Å²) >= 11 is 0. The van der Waals surface area contributed by atoms with Gasteiger partial charge in [-0.05, 0) is 81.6 Å². The topological polar surface area (TPSA) is 102 Å². The summed E-state index contributed by atoms with van der Waals surface area (Å²) in [6, 6.07) is 13.5. The quantitative estimate of drug-likeness (QED) is 0.382. The Labute approximate surface area is 216 Å². The van der Waals surface area contributed by atoms with Crippen molar-refractivity contribution in [2.24, 2.45) is 0 Å². The summed E-state index contributed by atoms with van der Waals surface area (Å²) < 4.78 is 2.06. The lowest BCUT2D eigenvalue weighted by Crippen LogP contribution is -2.27. The van der Waals surface area contributed by atoms with E-state index in [4.69, 9.17) is 0 Å². The van der Waals surface area contributed by atoms with Gasteiger partial charge in [0.2, 0.25) is 0 Å². The van der Waals surface area contributed by atoms with Crippen molar-refractivity contribution < 1.29 is 4.79 Å². The highest BCUT2D eigenvalue weighted by Crippen LogP contribution is 2.39. The molecule has 1 aliphatic heterocycles. The van der Waals surface area contributed by atoms with Gasteiger partial charge in [0.05, 0.1) is 0 Å². The summed E-state index contributed by atoms with van der Waals surface area (Å²) in [5.74, 6) is 1.41. The van der Waals surface area contributed by atoms with Crippen LogP contribution in [0.1, 0.15) is 60.7 Å². The Kier molecular flexibility index (Phi) is 6.44. The maximum absolute atomic E-state index is 13.0. The van der Waals surface area contributed by atoms with Crippen LogP contribution in [0.4, 0.5) is 5.82 Å². The Hall–Kier alpha value is -3.98. The molecule has 188 valence electrons. The molecule has 1 atom stereocenters. The van der Waals surface area contributed by atoms with Crippen molar-refractivity contribution in [3.05, 3.63) is 72.6 Å². The van der Waals surface area contributed by atoms with Gasteiger partial charge in [-0.3, -0.25) is 14.8 Å². The molecular formula is C28H30N8O. The van der Waals surface area contributed by atoms with E-state index in [0.29, 0.717) is 28.9 Å². The molecule has 1 amide bonds. The van der Waals surface area contributed by atoms with E-state index in [2.05, 4.69) is 59.0 Å². The molecule has 0 radical (unpaired) electrons. The Balaban J connectivity index is 1.17. The Morgan fingerprint density at radius 3 is 2.73 bits per heavy atom. The molecule has 2 fully saturated rings. The normalized spacial score (nSPS) is 16.6. The number of amides is 1. The molecule has 1 saturated carbocycles. The van der Waals surface area contributed by atoms with E-state index >= 15 is 0 Å². The van der Waals surface area contributed by atoms with E-state index in [-0.39, 0.29) is 11.9 Å². The van der Waals surface area contributed by atoms with Gasteiger partial charge in [-0.25, -0.2) is 4.98 Å². The number of carbonyl (C=O) groups is 1. The second kappa shape index (κ2) is 10.2. The number of hydrogen-bond acceptors (Lipinski definition) is 7. The first-order valence-corrected chi connectivity index (χ1v) is 13.0. The van der Waals surface area contributed by atoms with Crippen LogP contribution in [0, 0.1) is 0 Å². The molecule has 5 heterocycles. The van der Waals surface area contributed by atoms with Gasteiger partial charge in [0, 0.05) is 42.2 Å². The maximum atomic E-state index is 13.0. The largest absolute Gasteiger partial charge is 0.308 e. The molecule has 1 aliphatic carbocycles. The van der Waals surface area contributed by atoms with Crippen molar-refractivity contribution in [3.8, 4) is 22.6 Å². The highest BCUT2D eigenvalue weighted by atomic mass is 16.1. The van der Waals surface area contributed by atoms with Gasteiger partial charge in [-0.1, -0.05) is 12.1 Å². The molecule has 4 aromatic heterocycles. The minimum atomic E-state index is -0.321. The highest BCUT2D eigenvalue weighted by Gasteiger charge is 2.24. The molecule has 6 rings (SSSR count). The van der Waals surface area contributed by atoms with Crippen LogP contribution in [-0.4, -0.2) is 60.2 Å². The molecule has 2 aliphatic rings. The van der Waals surface area contributed by atoms with Crippen LogP contribution >= 0.6 is 0 Å². The zero-order chi connectivity index (χ0) is 25.2. The molecule has 1 unspecified atom stereocenters. The third-order valence-electron chi connectivity index (χ3n) is 7.10. The first-order valence-electron chi connectivity index (χ1n) is 13.0. The second-order valence-corrected chi connectivity index (χ2v) is 9.96. The van der Waals surface area contributed by atoms with Crippen LogP contribution in [0.25, 0.3) is 22.6 Å². The third-order valence-corrected chi connectivity index (χ3v) is 7.10. The fourth-order valence-corrected chi connectivity index (χ4v) is 4.92. The lowest BCUT2D eigenvalue weighted by atomic mass is 10.1. The van der Waals surface area contributed by atoms with Crippen LogP contribution in [0.5, 0.6) is 0 Å². The number of pyridine rings is 3. The molecule has 1 saturated heterocycles. The predicted octanol–water partition coefficient (Wildman–Crippen LogP) is 4.58. The van der Waals surface area contributed by atoms with E-state index in [1.807, 2.05) is 24.4 Å². The smallest absolute Gasteiger partial charge is 0.275 e. The molecule has 0 spiro atoms. The van der Waals surface area contributed by atoms with Crippen LogP contribution < -0.4 is 5.32 Å². The van der Waals surface area contributed by atoms with Gasteiger partial charge < -0.3 is 14.8 Å². The number of nitrogens with zero attached hydrogens (tertiary/aromatic N) is 7. The maximum Gasteiger partial charge on any atom is 0.275 e. The number of anilines is 1. The number of aromatic nitrogens is 6. The Morgan fingerprint density at radius 1 is 1.08 bits per heavy atom. The minimum absolute atomic E-state index is 0.211. The van der Waals surface area contributed by atoms with Crippen LogP contribution in [0.3, 0.4) is 0 Å². The Bertz CT molecular complexity index is 1390. The summed E-state index contributed by atoms with van der Waals surface area (Å²) in [5.41, 5.74) is 3.98. The average molecular weight is 495 g/mol. The summed E-state index contributed by atoms with van der Waals surface area (Å²) in [7, 11) is 0. The number of rotatable bonds is 8. The number of likely N-dealkylation sites (tertiary alicyclic amines) is 1. The van der Waals surface area contributed by atoms with Crippen LogP contribution in [-0.2, 0) is 0 Å². The van der Waals surface area contributed by atoms with Crippen molar-refractivity contribution in [1.82, 2.24) is 34.6 Å². The molecular weight excluding hydrogens is 464 g/mol. The molecule has 37 heavy (non-hydrogen) atoms. The van der Waals surface area contributed by atoms with Gasteiger partial charge in [0.1, 0.15) is 23.5 Å². The van der Waals surface area contributed by atoms with E-state index in [0.717, 1.165) is 36.5 Å². The van der Waals surface area contributed by atoms with Crippen molar-refractivity contribution in [2.45, 2.75) is 44.6 Å². The Morgan fingerprint density at radius 2 is 1.95 bits per heavy atom. The van der Waals surface area contributed by atoms with Gasteiger partial charge in [-0.15, -0.1) is 10.2 Å². The van der Waals surface area contributed by atoms with E-state index < -0.39 is 0 Å². The lowest BCUT2D eigenvalue weighted by molar-refractivity contribution is 0.102. The zero-order valence-corrected chi connectivity index (χ0v) is 20.9. The fraction of sp³-hybridized carbons (Fsp3) is 0.357. The molecule has 9 heteroatoms. The SMILES string of the molecule is CC(CN1CCCC1)n1cnnc1-c1cccc(NC(=O)c2cc(-c3ccc(C4CC4)nc3)ccn2)n1. The van der Waals surface area contributed by atoms with Crippen molar-refractivity contribution >= 4 is 11.7 Å². The van der Waals surface area contributed by atoms with Crippen LogP contribution in [0.2, 0.25) is 0 Å². The summed E-state index contributed by atoms with van der Waals surface area (Å²) in [5, 5.41) is 11.4. The van der Waals surface area contributed by atoms with Gasteiger partial charge in [0.25, 0.3) is 5.91 Å². The highest BCUT2D eigenvalue weighted by molar-refractivity contribution is 6.03. The summed E-state index contributed by atoms with van der Waals surface area (Å²) in [6.45, 7) is 5.39. The predicted molar refractivity (Wildman–Crippen MR) is 141 cm³/mol. The molecule has 0 aromatic carbocycles. The number of nitrogens with one attached hydrogen (secondary N) is 1. The van der Waals surface area contributed by atoms with Crippen molar-refractivity contribution in [1.29, 1.82) is 0 Å². The summed E-state index contributed by atoms with van der Waals surface area (Å²) in [6.07, 6.45) is 10.2. The lowest BCUT2D eigenvalue weighted by Gasteiger charge is -2.22. The molecule has 0 bridgehead atoms. The average Bonchev–Trinajstić information content (AvgIpc) is 3.42. The van der Waals surface area contributed by atoms with E-state index in [9.17, 15) is 4.79 Å². The summed E-state index contributed by atoms with van der Waals surface area (Å²) in [4.78, 5) is 29.1. The fourth-order valence-electron chi connectivity index (χ4n) is 4.92. The van der Waals surface area contributed by atoms with Gasteiger partial charge in [0.15, 0.2) is 5.82 Å².